The van der Waals surface area contributed by atoms with Gasteiger partial charge in [-0.3, -0.25) is 4.79 Å². The lowest BCUT2D eigenvalue weighted by Crippen LogP contribution is -2.42. The monoisotopic (exact) mass is 348 g/mol. The van der Waals surface area contributed by atoms with Crippen LogP contribution < -0.4 is 0 Å². The van der Waals surface area contributed by atoms with Crippen molar-refractivity contribution in [1.82, 2.24) is 9.29 Å². The first-order valence-corrected chi connectivity index (χ1v) is 7.99. The molecule has 1 aromatic rings. The fourth-order valence-electron chi connectivity index (χ4n) is 2.01. The van der Waals surface area contributed by atoms with Crippen molar-refractivity contribution in [2.75, 3.05) is 13.1 Å². The summed E-state index contributed by atoms with van der Waals surface area (Å²) in [6.07, 6.45) is 2.47. The van der Waals surface area contributed by atoms with E-state index in [4.69, 9.17) is 5.11 Å². The Hall–Kier alpha value is -0.990. The van der Waals surface area contributed by atoms with Crippen LogP contribution in [-0.2, 0) is 14.8 Å². The first-order valence-electron chi connectivity index (χ1n) is 5.76. The highest BCUT2D eigenvalue weighted by Gasteiger charge is 2.33. The predicted octanol–water partition coefficient (Wildman–Crippen LogP) is 1.33. The van der Waals surface area contributed by atoms with Gasteiger partial charge in [-0.1, -0.05) is 0 Å². The molecule has 1 N–H and O–H groups in total. The number of hydrogen-bond donors (Lipinski definition) is 1. The van der Waals surface area contributed by atoms with Crippen LogP contribution in [0.2, 0.25) is 0 Å². The molecule has 0 aliphatic carbocycles. The van der Waals surface area contributed by atoms with Gasteiger partial charge in [0.1, 0.15) is 0 Å². The van der Waals surface area contributed by atoms with Gasteiger partial charge in [-0.05, 0) is 40.9 Å². The molecule has 6 nitrogen and oxygen atoms in total. The summed E-state index contributed by atoms with van der Waals surface area (Å²) in [6, 6.07) is 3.00. The number of aromatic nitrogens is 1. The molecule has 1 saturated heterocycles. The van der Waals surface area contributed by atoms with E-state index >= 15 is 0 Å². The van der Waals surface area contributed by atoms with Gasteiger partial charge in [0.15, 0.2) is 5.03 Å². The average molecular weight is 349 g/mol. The molecule has 8 heteroatoms. The zero-order valence-corrected chi connectivity index (χ0v) is 12.4. The van der Waals surface area contributed by atoms with Crippen LogP contribution in [0.4, 0.5) is 0 Å². The maximum absolute atomic E-state index is 12.3. The highest BCUT2D eigenvalue weighted by atomic mass is 79.9. The molecule has 0 radical (unpaired) electrons. The summed E-state index contributed by atoms with van der Waals surface area (Å²) in [5.41, 5.74) is 0. The minimum absolute atomic E-state index is 0.00934. The van der Waals surface area contributed by atoms with Crippen molar-refractivity contribution in [2.24, 2.45) is 5.92 Å². The van der Waals surface area contributed by atoms with E-state index in [-0.39, 0.29) is 11.6 Å². The Morgan fingerprint density at radius 3 is 2.79 bits per heavy atom. The molecule has 0 saturated carbocycles. The lowest BCUT2D eigenvalue weighted by Gasteiger charge is -2.29. The van der Waals surface area contributed by atoms with E-state index in [1.54, 1.807) is 6.07 Å². The Balaban J connectivity index is 2.24. The van der Waals surface area contributed by atoms with E-state index in [0.717, 1.165) is 0 Å². The van der Waals surface area contributed by atoms with Crippen molar-refractivity contribution in [3.63, 3.8) is 0 Å². The van der Waals surface area contributed by atoms with Crippen LogP contribution in [0.15, 0.2) is 27.8 Å². The summed E-state index contributed by atoms with van der Waals surface area (Å²) < 4.78 is 26.5. The molecule has 1 fully saturated rings. The first kappa shape index (κ1) is 14.4. The van der Waals surface area contributed by atoms with E-state index in [2.05, 4.69) is 20.9 Å². The van der Waals surface area contributed by atoms with Crippen LogP contribution in [0.1, 0.15) is 12.8 Å². The molecular weight excluding hydrogens is 336 g/mol. The second-order valence-corrected chi connectivity index (χ2v) is 7.16. The van der Waals surface area contributed by atoms with Crippen LogP contribution in [0, 0.1) is 5.92 Å². The van der Waals surface area contributed by atoms with Crippen LogP contribution in [0.25, 0.3) is 0 Å². The van der Waals surface area contributed by atoms with Gasteiger partial charge in [-0.25, -0.2) is 13.4 Å². The molecule has 0 spiro atoms. The number of carbonyl (C=O) groups is 1. The van der Waals surface area contributed by atoms with Crippen molar-refractivity contribution in [2.45, 2.75) is 17.9 Å². The molecule has 1 atom stereocenters. The molecule has 19 heavy (non-hydrogen) atoms. The molecule has 1 aromatic heterocycles. The van der Waals surface area contributed by atoms with Crippen molar-refractivity contribution < 1.29 is 18.3 Å². The molecular formula is C11H13BrN2O4S. The van der Waals surface area contributed by atoms with E-state index in [0.29, 0.717) is 23.9 Å². The first-order chi connectivity index (χ1) is 8.91. The second kappa shape index (κ2) is 5.56. The maximum Gasteiger partial charge on any atom is 0.307 e. The number of sulfonamides is 1. The van der Waals surface area contributed by atoms with Crippen molar-refractivity contribution in [1.29, 1.82) is 0 Å². The average Bonchev–Trinajstić information content (AvgIpc) is 2.39. The van der Waals surface area contributed by atoms with Crippen LogP contribution >= 0.6 is 15.9 Å². The number of halogens is 1. The summed E-state index contributed by atoms with van der Waals surface area (Å²) in [4.78, 5) is 14.8. The standard InChI is InChI=1S/C11H13BrN2O4S/c12-9-3-4-10(13-6-9)19(17,18)14-5-1-2-8(7-14)11(15)16/h3-4,6,8H,1-2,5,7H2,(H,15,16). The zero-order chi connectivity index (χ0) is 14.0. The number of carboxylic acid groups (broad SMARTS) is 1. The fourth-order valence-corrected chi connectivity index (χ4v) is 3.68. The second-order valence-electron chi connectivity index (χ2n) is 4.36. The Bertz CT molecular complexity index is 573. The minimum atomic E-state index is -3.71. The number of pyridine rings is 1. The van der Waals surface area contributed by atoms with Crippen LogP contribution in [0.3, 0.4) is 0 Å². The van der Waals surface area contributed by atoms with Crippen LogP contribution in [0.5, 0.6) is 0 Å². The van der Waals surface area contributed by atoms with Gasteiger partial charge in [0.05, 0.1) is 5.92 Å². The Morgan fingerprint density at radius 1 is 1.47 bits per heavy atom. The third-order valence-corrected chi connectivity index (χ3v) is 5.29. The largest absolute Gasteiger partial charge is 0.481 e. The number of carboxylic acids is 1. The van der Waals surface area contributed by atoms with E-state index in [9.17, 15) is 13.2 Å². The Morgan fingerprint density at radius 2 is 2.21 bits per heavy atom. The van der Waals surface area contributed by atoms with Crippen LogP contribution in [-0.4, -0.2) is 41.9 Å². The topological polar surface area (TPSA) is 87.6 Å². The van der Waals surface area contributed by atoms with Gasteiger partial charge in [0.25, 0.3) is 10.0 Å². The highest BCUT2D eigenvalue weighted by molar-refractivity contribution is 9.10. The molecule has 2 heterocycles. The molecule has 1 aliphatic heterocycles. The lowest BCUT2D eigenvalue weighted by molar-refractivity contribution is -0.142. The summed E-state index contributed by atoms with van der Waals surface area (Å²) in [6.45, 7) is 0.346. The van der Waals surface area contributed by atoms with Gasteiger partial charge in [-0.2, -0.15) is 4.31 Å². The SMILES string of the molecule is O=C(O)C1CCCN(S(=O)(=O)c2ccc(Br)cn2)C1. The van der Waals surface area contributed by atoms with Gasteiger partial charge >= 0.3 is 5.97 Å². The normalized spacial score (nSPS) is 21.2. The molecule has 2 rings (SSSR count). The number of aliphatic carboxylic acids is 1. The van der Waals surface area contributed by atoms with Gasteiger partial charge < -0.3 is 5.11 Å². The number of nitrogens with zero attached hydrogens (tertiary/aromatic N) is 2. The molecule has 0 amide bonds. The summed E-state index contributed by atoms with van der Waals surface area (Å²) >= 11 is 3.19. The van der Waals surface area contributed by atoms with E-state index in [1.807, 2.05) is 0 Å². The molecule has 1 unspecified atom stereocenters. The van der Waals surface area contributed by atoms with Gasteiger partial charge in [0.2, 0.25) is 0 Å². The minimum Gasteiger partial charge on any atom is -0.481 e. The molecule has 0 aromatic carbocycles. The fraction of sp³-hybridized carbons (Fsp3) is 0.455. The highest BCUT2D eigenvalue weighted by Crippen LogP contribution is 2.23. The van der Waals surface area contributed by atoms with E-state index in [1.165, 1.54) is 16.6 Å². The van der Waals surface area contributed by atoms with E-state index < -0.39 is 21.9 Å². The third-order valence-electron chi connectivity index (χ3n) is 3.04. The summed E-state index contributed by atoms with van der Waals surface area (Å²) in [7, 11) is -3.71. The third kappa shape index (κ3) is 3.13. The Labute approximate surface area is 119 Å². The maximum atomic E-state index is 12.3. The van der Waals surface area contributed by atoms with Crippen molar-refractivity contribution >= 4 is 31.9 Å². The lowest BCUT2D eigenvalue weighted by atomic mass is 10.0. The van der Waals surface area contributed by atoms with Gasteiger partial charge in [-0.15, -0.1) is 0 Å². The van der Waals surface area contributed by atoms with Crippen molar-refractivity contribution in [3.8, 4) is 0 Å². The Kier molecular flexibility index (Phi) is 4.22. The number of rotatable bonds is 3. The summed E-state index contributed by atoms with van der Waals surface area (Å²) in [5.74, 6) is -1.59. The predicted molar refractivity (Wildman–Crippen MR) is 71.1 cm³/mol. The number of piperidine rings is 1. The van der Waals surface area contributed by atoms with Gasteiger partial charge in [0, 0.05) is 23.8 Å². The zero-order valence-electron chi connectivity index (χ0n) is 9.99. The smallest absolute Gasteiger partial charge is 0.307 e. The quantitative estimate of drug-likeness (QED) is 0.890. The molecule has 0 bridgehead atoms. The summed E-state index contributed by atoms with van der Waals surface area (Å²) in [5, 5.41) is 8.93. The molecule has 1 aliphatic rings. The number of hydrogen-bond acceptors (Lipinski definition) is 4. The molecule has 104 valence electrons. The van der Waals surface area contributed by atoms with Crippen molar-refractivity contribution in [3.05, 3.63) is 22.8 Å².